The first-order chi connectivity index (χ1) is 15.3. The van der Waals surface area contributed by atoms with Crippen LogP contribution in [-0.2, 0) is 5.75 Å². The van der Waals surface area contributed by atoms with Gasteiger partial charge in [-0.05, 0) is 43.5 Å². The summed E-state index contributed by atoms with van der Waals surface area (Å²) in [7, 11) is 1.68. The summed E-state index contributed by atoms with van der Waals surface area (Å²) in [6.07, 6.45) is 5.20. The second-order valence-electron chi connectivity index (χ2n) is 7.29. The molecule has 0 spiro atoms. The van der Waals surface area contributed by atoms with Gasteiger partial charge < -0.3 is 18.6 Å². The topological polar surface area (TPSA) is 82.3 Å². The van der Waals surface area contributed by atoms with E-state index in [1.807, 2.05) is 42.5 Å². The number of methoxy groups -OCH3 is 1. The van der Waals surface area contributed by atoms with Crippen molar-refractivity contribution in [2.75, 3.05) is 25.1 Å². The molecule has 0 unspecified atom stereocenters. The Kier molecular flexibility index (Phi) is 5.66. The minimum atomic E-state index is 0.595. The molecule has 0 N–H and O–H groups in total. The van der Waals surface area contributed by atoms with Crippen LogP contribution < -0.4 is 9.64 Å². The summed E-state index contributed by atoms with van der Waals surface area (Å²) in [5, 5.41) is 14.0. The van der Waals surface area contributed by atoms with Crippen LogP contribution in [0.25, 0.3) is 17.2 Å². The maximum absolute atomic E-state index is 5.63. The second kappa shape index (κ2) is 8.89. The number of ether oxygens (including phenoxy) is 1. The van der Waals surface area contributed by atoms with Crippen LogP contribution in [0.2, 0.25) is 0 Å². The van der Waals surface area contributed by atoms with Crippen LogP contribution >= 0.6 is 11.8 Å². The molecule has 0 radical (unpaired) electrons. The lowest BCUT2D eigenvalue weighted by Gasteiger charge is -2.28. The van der Waals surface area contributed by atoms with Gasteiger partial charge in [0, 0.05) is 24.9 Å². The quantitative estimate of drug-likeness (QED) is 0.381. The lowest BCUT2D eigenvalue weighted by atomic mass is 10.1. The zero-order chi connectivity index (χ0) is 21.0. The number of hydrogen-bond acceptors (Lipinski definition) is 8. The average molecular weight is 438 g/mol. The molecule has 1 saturated heterocycles. The summed E-state index contributed by atoms with van der Waals surface area (Å²) in [4.78, 5) is 2.30. The molecule has 9 heteroatoms. The van der Waals surface area contributed by atoms with E-state index in [4.69, 9.17) is 13.7 Å². The monoisotopic (exact) mass is 437 g/mol. The highest BCUT2D eigenvalue weighted by atomic mass is 32.2. The van der Waals surface area contributed by atoms with Crippen molar-refractivity contribution in [1.82, 2.24) is 19.9 Å². The summed E-state index contributed by atoms with van der Waals surface area (Å²) >= 11 is 1.56. The Hall–Kier alpha value is -3.20. The van der Waals surface area contributed by atoms with Gasteiger partial charge in [0.1, 0.15) is 5.75 Å². The van der Waals surface area contributed by atoms with Gasteiger partial charge in [-0.2, -0.15) is 0 Å². The fourth-order valence-electron chi connectivity index (χ4n) is 3.73. The first kappa shape index (κ1) is 19.7. The van der Waals surface area contributed by atoms with Crippen molar-refractivity contribution in [3.63, 3.8) is 0 Å². The number of benzene rings is 1. The normalized spacial score (nSPS) is 14.2. The Bertz CT molecular complexity index is 1130. The number of thioether (sulfide) groups is 1. The number of aromatic nitrogens is 4. The van der Waals surface area contributed by atoms with Crippen LogP contribution in [0.15, 0.2) is 62.8 Å². The highest BCUT2D eigenvalue weighted by molar-refractivity contribution is 7.98. The standard InChI is InChI=1S/C22H23N5O3S/c1-28-18-9-4-3-8-17(18)27-21(26-11-5-2-6-12-26)23-24-22(27)31-15-16-14-20(30-25-16)19-10-7-13-29-19/h3-4,7-10,13-14H,2,5-6,11-12,15H2,1H3. The molecule has 160 valence electrons. The van der Waals surface area contributed by atoms with E-state index in [9.17, 15) is 0 Å². The van der Waals surface area contributed by atoms with Gasteiger partial charge in [0.2, 0.25) is 11.7 Å². The largest absolute Gasteiger partial charge is 0.495 e. The fraction of sp³-hybridized carbons (Fsp3) is 0.318. The Labute approximate surface area is 184 Å². The minimum Gasteiger partial charge on any atom is -0.495 e. The molecule has 1 fully saturated rings. The third-order valence-electron chi connectivity index (χ3n) is 5.25. The molecule has 31 heavy (non-hydrogen) atoms. The van der Waals surface area contributed by atoms with Crippen LogP contribution in [-0.4, -0.2) is 40.1 Å². The van der Waals surface area contributed by atoms with Crippen molar-refractivity contribution >= 4 is 17.7 Å². The third-order valence-corrected chi connectivity index (χ3v) is 6.22. The van der Waals surface area contributed by atoms with Crippen LogP contribution in [0.3, 0.4) is 0 Å². The Balaban J connectivity index is 1.45. The van der Waals surface area contributed by atoms with Gasteiger partial charge in [0.25, 0.3) is 0 Å². The van der Waals surface area contributed by atoms with E-state index in [2.05, 4.69) is 24.8 Å². The third kappa shape index (κ3) is 4.05. The van der Waals surface area contributed by atoms with Crippen molar-refractivity contribution < 1.29 is 13.7 Å². The van der Waals surface area contributed by atoms with Crippen molar-refractivity contribution in [3.05, 3.63) is 54.4 Å². The van der Waals surface area contributed by atoms with Gasteiger partial charge in [-0.1, -0.05) is 29.1 Å². The molecule has 0 aliphatic carbocycles. The molecule has 1 aliphatic heterocycles. The van der Waals surface area contributed by atoms with Crippen LogP contribution in [0, 0.1) is 0 Å². The number of para-hydroxylation sites is 2. The number of anilines is 1. The highest BCUT2D eigenvalue weighted by Crippen LogP contribution is 2.34. The van der Waals surface area contributed by atoms with Crippen molar-refractivity contribution in [3.8, 4) is 23.0 Å². The smallest absolute Gasteiger partial charge is 0.232 e. The highest BCUT2D eigenvalue weighted by Gasteiger charge is 2.23. The minimum absolute atomic E-state index is 0.595. The van der Waals surface area contributed by atoms with Gasteiger partial charge in [-0.3, -0.25) is 4.57 Å². The molecule has 4 heterocycles. The van der Waals surface area contributed by atoms with E-state index < -0.39 is 0 Å². The molecular weight excluding hydrogens is 414 g/mol. The van der Waals surface area contributed by atoms with Crippen LogP contribution in [0.5, 0.6) is 5.75 Å². The molecule has 5 rings (SSSR count). The van der Waals surface area contributed by atoms with Gasteiger partial charge >= 0.3 is 0 Å². The molecule has 0 amide bonds. The fourth-order valence-corrected chi connectivity index (χ4v) is 4.55. The van der Waals surface area contributed by atoms with Crippen LogP contribution in [0.4, 0.5) is 5.95 Å². The predicted molar refractivity (Wildman–Crippen MR) is 118 cm³/mol. The SMILES string of the molecule is COc1ccccc1-n1c(SCc2cc(-c3ccco3)on2)nnc1N1CCCCC1. The maximum Gasteiger partial charge on any atom is 0.232 e. The van der Waals surface area contributed by atoms with E-state index in [1.165, 1.54) is 6.42 Å². The molecule has 1 aliphatic rings. The van der Waals surface area contributed by atoms with Gasteiger partial charge in [0.05, 0.1) is 24.8 Å². The molecule has 4 aromatic rings. The first-order valence-electron chi connectivity index (χ1n) is 10.3. The Morgan fingerprint density at radius 2 is 1.90 bits per heavy atom. The summed E-state index contributed by atoms with van der Waals surface area (Å²) < 4.78 is 18.5. The van der Waals surface area contributed by atoms with E-state index in [1.54, 1.807) is 25.1 Å². The van der Waals surface area contributed by atoms with E-state index >= 15 is 0 Å². The van der Waals surface area contributed by atoms with Crippen molar-refractivity contribution in [2.45, 2.75) is 30.2 Å². The summed E-state index contributed by atoms with van der Waals surface area (Å²) in [5.41, 5.74) is 1.74. The van der Waals surface area contributed by atoms with Gasteiger partial charge in [0.15, 0.2) is 10.9 Å². The molecule has 0 atom stereocenters. The Morgan fingerprint density at radius 3 is 2.71 bits per heavy atom. The van der Waals surface area contributed by atoms with Gasteiger partial charge in [-0.25, -0.2) is 0 Å². The molecule has 0 saturated carbocycles. The summed E-state index contributed by atoms with van der Waals surface area (Å²) in [5.74, 6) is 3.50. The lowest BCUT2D eigenvalue weighted by Crippen LogP contribution is -2.31. The lowest BCUT2D eigenvalue weighted by molar-refractivity contribution is 0.412. The average Bonchev–Trinajstić information content (AvgIpc) is 3.58. The predicted octanol–water partition coefficient (Wildman–Crippen LogP) is 4.81. The summed E-state index contributed by atoms with van der Waals surface area (Å²) in [6, 6.07) is 13.5. The molecule has 0 bridgehead atoms. The number of furan rings is 1. The van der Waals surface area contributed by atoms with Gasteiger partial charge in [-0.15, -0.1) is 10.2 Å². The zero-order valence-electron chi connectivity index (χ0n) is 17.2. The number of hydrogen-bond donors (Lipinski definition) is 0. The molecule has 3 aromatic heterocycles. The molecule has 8 nitrogen and oxygen atoms in total. The van der Waals surface area contributed by atoms with Crippen LogP contribution in [0.1, 0.15) is 25.0 Å². The van der Waals surface area contributed by atoms with E-state index in [-0.39, 0.29) is 0 Å². The second-order valence-corrected chi connectivity index (χ2v) is 8.23. The number of piperidine rings is 1. The Morgan fingerprint density at radius 1 is 1.03 bits per heavy atom. The van der Waals surface area contributed by atoms with Crippen molar-refractivity contribution in [2.24, 2.45) is 0 Å². The summed E-state index contributed by atoms with van der Waals surface area (Å²) in [6.45, 7) is 1.96. The first-order valence-corrected chi connectivity index (χ1v) is 11.3. The van der Waals surface area contributed by atoms with Crippen molar-refractivity contribution in [1.29, 1.82) is 0 Å². The van der Waals surface area contributed by atoms with E-state index in [0.29, 0.717) is 17.3 Å². The van der Waals surface area contributed by atoms with E-state index in [0.717, 1.165) is 54.2 Å². The zero-order valence-corrected chi connectivity index (χ0v) is 18.0. The maximum atomic E-state index is 5.63. The molecular formula is C22H23N5O3S. The number of rotatable bonds is 7. The number of nitrogens with zero attached hydrogens (tertiary/aromatic N) is 5. The molecule has 1 aromatic carbocycles.